The summed E-state index contributed by atoms with van der Waals surface area (Å²) in [6.07, 6.45) is 4.07. The maximum absolute atomic E-state index is 15.1. The number of H-pyrrole nitrogens is 1. The second kappa shape index (κ2) is 8.82. The number of hydrogen-bond donors (Lipinski definition) is 3. The summed E-state index contributed by atoms with van der Waals surface area (Å²) < 4.78 is 27.5. The fraction of sp³-hybridized carbons (Fsp3) is 0.333. The van der Waals surface area contributed by atoms with Gasteiger partial charge in [-0.05, 0) is 25.8 Å². The zero-order chi connectivity index (χ0) is 25.6. The van der Waals surface area contributed by atoms with Crippen LogP contribution in [0, 0.1) is 11.3 Å². The Bertz CT molecular complexity index is 1510. The first-order valence-electron chi connectivity index (χ1n) is 11.7. The molecule has 0 bridgehead atoms. The molecule has 0 unspecified atom stereocenters. The smallest absolute Gasteiger partial charge is 0.408 e. The van der Waals surface area contributed by atoms with Crippen molar-refractivity contribution in [1.29, 1.82) is 5.26 Å². The number of alkyl carbamates (subject to hydrolysis) is 1. The predicted octanol–water partition coefficient (Wildman–Crippen LogP) is 3.19. The third-order valence-electron chi connectivity index (χ3n) is 6.47. The zero-order valence-corrected chi connectivity index (χ0v) is 19.7. The predicted molar refractivity (Wildman–Crippen MR) is 127 cm³/mol. The standard InChI is InChI=1S/C24H22FN9O3/c1-24(4-5-24)31-23(35)37-17-12-36-20(19(17)25)16-7-18(33-32-16)30-22-28-10-15(13-3-2-6-27-9-13)21-29-14(8-26)11-34(21)22/h2-3,6-7,9-11,17,19-20H,4-5,12H2,1H3,(H,31,35)(H2,28,30,32,33)/t17-,19-,20-/m0/s1. The van der Waals surface area contributed by atoms with Gasteiger partial charge >= 0.3 is 6.09 Å². The number of nitriles is 1. The van der Waals surface area contributed by atoms with Gasteiger partial charge in [-0.3, -0.25) is 14.5 Å². The van der Waals surface area contributed by atoms with Gasteiger partial charge in [-0.25, -0.2) is 19.2 Å². The lowest BCUT2D eigenvalue weighted by atomic mass is 10.1. The largest absolute Gasteiger partial charge is 0.441 e. The highest BCUT2D eigenvalue weighted by atomic mass is 19.1. The van der Waals surface area contributed by atoms with Gasteiger partial charge in [0.2, 0.25) is 5.95 Å². The van der Waals surface area contributed by atoms with Gasteiger partial charge in [0.15, 0.2) is 29.4 Å². The van der Waals surface area contributed by atoms with E-state index in [-0.39, 0.29) is 17.8 Å². The second-order valence-corrected chi connectivity index (χ2v) is 9.33. The minimum atomic E-state index is -1.57. The molecule has 2 aliphatic rings. The van der Waals surface area contributed by atoms with Gasteiger partial charge in [0, 0.05) is 41.3 Å². The van der Waals surface area contributed by atoms with Crippen molar-refractivity contribution in [3.63, 3.8) is 0 Å². The van der Waals surface area contributed by atoms with Crippen LogP contribution in [0.25, 0.3) is 16.8 Å². The molecule has 188 valence electrons. The Balaban J connectivity index is 1.19. The number of alkyl halides is 1. The highest BCUT2D eigenvalue weighted by Gasteiger charge is 2.44. The topological polar surface area (TPSA) is 155 Å². The van der Waals surface area contributed by atoms with Crippen molar-refractivity contribution < 1.29 is 18.7 Å². The Hall–Kier alpha value is -4.57. The number of carbonyl (C=O) groups is 1. The fourth-order valence-corrected chi connectivity index (χ4v) is 4.17. The number of fused-ring (bicyclic) bond motifs is 1. The molecule has 3 N–H and O–H groups in total. The van der Waals surface area contributed by atoms with Gasteiger partial charge in [0.25, 0.3) is 0 Å². The van der Waals surface area contributed by atoms with Crippen molar-refractivity contribution in [2.75, 3.05) is 11.9 Å². The molecule has 12 nitrogen and oxygen atoms in total. The van der Waals surface area contributed by atoms with Crippen molar-refractivity contribution >= 4 is 23.5 Å². The van der Waals surface area contributed by atoms with E-state index < -0.39 is 24.5 Å². The van der Waals surface area contributed by atoms with E-state index in [9.17, 15) is 10.1 Å². The van der Waals surface area contributed by atoms with Gasteiger partial charge in [0.05, 0.1) is 18.5 Å². The molecule has 1 aliphatic heterocycles. The van der Waals surface area contributed by atoms with Crippen molar-refractivity contribution in [3.8, 4) is 17.2 Å². The number of carbonyl (C=O) groups excluding carboxylic acids is 1. The van der Waals surface area contributed by atoms with Crippen LogP contribution in [-0.2, 0) is 9.47 Å². The molecule has 13 heteroatoms. The highest BCUT2D eigenvalue weighted by Crippen LogP contribution is 2.36. The van der Waals surface area contributed by atoms with Gasteiger partial charge in [-0.2, -0.15) is 10.4 Å². The SMILES string of the molecule is CC1(NC(=O)O[C@H]2CO[C@@H](c3cc(Nc4ncc(-c5cccnc5)c5nc(C#N)cn45)n[nH]3)[C@H]2F)CC1. The van der Waals surface area contributed by atoms with E-state index in [0.29, 0.717) is 28.7 Å². The molecule has 1 saturated carbocycles. The third-order valence-corrected chi connectivity index (χ3v) is 6.47. The number of hydrogen-bond acceptors (Lipinski definition) is 9. The molecule has 6 rings (SSSR count). The van der Waals surface area contributed by atoms with Crippen LogP contribution in [0.2, 0.25) is 0 Å². The second-order valence-electron chi connectivity index (χ2n) is 9.33. The van der Waals surface area contributed by atoms with Crippen LogP contribution in [-0.4, -0.2) is 60.1 Å². The molecule has 1 amide bonds. The Labute approximate surface area is 209 Å². The molecule has 0 aromatic carbocycles. The number of amides is 1. The molecule has 2 fully saturated rings. The average molecular weight is 503 g/mol. The van der Waals surface area contributed by atoms with Crippen molar-refractivity contribution in [1.82, 2.24) is 34.9 Å². The summed E-state index contributed by atoms with van der Waals surface area (Å²) in [4.78, 5) is 25.1. The van der Waals surface area contributed by atoms with Crippen LogP contribution in [0.4, 0.5) is 21.0 Å². The minimum absolute atomic E-state index is 0.0678. The number of aromatic amines is 1. The molecule has 4 aromatic heterocycles. The van der Waals surface area contributed by atoms with Gasteiger partial charge < -0.3 is 20.1 Å². The number of nitrogens with one attached hydrogen (secondary N) is 3. The van der Waals surface area contributed by atoms with Crippen molar-refractivity contribution in [3.05, 3.63) is 54.4 Å². The van der Waals surface area contributed by atoms with E-state index >= 15 is 4.39 Å². The van der Waals surface area contributed by atoms with Crippen LogP contribution in [0.3, 0.4) is 0 Å². The lowest BCUT2D eigenvalue weighted by Gasteiger charge is -2.17. The first-order valence-corrected chi connectivity index (χ1v) is 11.7. The summed E-state index contributed by atoms with van der Waals surface area (Å²) in [6, 6.07) is 7.31. The van der Waals surface area contributed by atoms with Crippen LogP contribution < -0.4 is 10.6 Å². The zero-order valence-electron chi connectivity index (χ0n) is 19.7. The molecule has 0 radical (unpaired) electrons. The summed E-state index contributed by atoms with van der Waals surface area (Å²) in [5, 5.41) is 22.2. The average Bonchev–Trinajstić information content (AvgIpc) is 3.25. The maximum Gasteiger partial charge on any atom is 0.408 e. The van der Waals surface area contributed by atoms with Crippen molar-refractivity contribution in [2.24, 2.45) is 0 Å². The summed E-state index contributed by atoms with van der Waals surface area (Å²) in [5.41, 5.74) is 2.35. The first-order chi connectivity index (χ1) is 17.9. The number of halogens is 1. The molecule has 0 spiro atoms. The van der Waals surface area contributed by atoms with Gasteiger partial charge in [-0.1, -0.05) is 6.07 Å². The number of ether oxygens (including phenoxy) is 2. The van der Waals surface area contributed by atoms with E-state index in [4.69, 9.17) is 9.47 Å². The van der Waals surface area contributed by atoms with E-state index in [0.717, 1.165) is 18.4 Å². The van der Waals surface area contributed by atoms with Crippen LogP contribution in [0.15, 0.2) is 43.0 Å². The summed E-state index contributed by atoms with van der Waals surface area (Å²) >= 11 is 0. The third kappa shape index (κ3) is 4.43. The monoisotopic (exact) mass is 503 g/mol. The molecular weight excluding hydrogens is 481 g/mol. The van der Waals surface area contributed by atoms with Gasteiger partial charge in [-0.15, -0.1) is 0 Å². The van der Waals surface area contributed by atoms with Crippen LogP contribution >= 0.6 is 0 Å². The quantitative estimate of drug-likeness (QED) is 0.360. The molecule has 5 heterocycles. The molecule has 1 aliphatic carbocycles. The van der Waals surface area contributed by atoms with Crippen LogP contribution in [0.5, 0.6) is 0 Å². The Kier molecular flexibility index (Phi) is 5.45. The lowest BCUT2D eigenvalue weighted by molar-refractivity contribution is 0.0604. The number of anilines is 2. The maximum atomic E-state index is 15.1. The minimum Gasteiger partial charge on any atom is -0.441 e. The fourth-order valence-electron chi connectivity index (χ4n) is 4.17. The Morgan fingerprint density at radius 3 is 3.03 bits per heavy atom. The van der Waals surface area contributed by atoms with E-state index in [1.807, 2.05) is 19.1 Å². The van der Waals surface area contributed by atoms with E-state index in [2.05, 4.69) is 35.8 Å². The molecular formula is C24H22FN9O3. The number of imidazole rings is 1. The molecule has 1 saturated heterocycles. The normalized spacial score (nSPS) is 21.9. The van der Waals surface area contributed by atoms with Crippen LogP contribution in [0.1, 0.15) is 37.3 Å². The molecule has 4 aromatic rings. The van der Waals surface area contributed by atoms with Gasteiger partial charge in [0.1, 0.15) is 12.2 Å². The number of pyridine rings is 1. The van der Waals surface area contributed by atoms with E-state index in [1.165, 1.54) is 0 Å². The Morgan fingerprint density at radius 1 is 1.41 bits per heavy atom. The Morgan fingerprint density at radius 2 is 2.27 bits per heavy atom. The lowest BCUT2D eigenvalue weighted by Crippen LogP contribution is -2.39. The molecule has 3 atom stereocenters. The summed E-state index contributed by atoms with van der Waals surface area (Å²) in [7, 11) is 0. The first kappa shape index (κ1) is 22.9. The van der Waals surface area contributed by atoms with E-state index in [1.54, 1.807) is 41.3 Å². The molecule has 37 heavy (non-hydrogen) atoms. The number of aromatic nitrogens is 6. The number of nitrogens with zero attached hydrogens (tertiary/aromatic N) is 6. The summed E-state index contributed by atoms with van der Waals surface area (Å²) in [6.45, 7) is 1.84. The number of rotatable bonds is 6. The summed E-state index contributed by atoms with van der Waals surface area (Å²) in [5.74, 6) is 0.704. The highest BCUT2D eigenvalue weighted by molar-refractivity contribution is 5.78. The van der Waals surface area contributed by atoms with Crippen molar-refractivity contribution in [2.45, 2.75) is 43.7 Å².